The van der Waals surface area contributed by atoms with Crippen LogP contribution in [-0.4, -0.2) is 29.8 Å². The van der Waals surface area contributed by atoms with Crippen LogP contribution in [0.5, 0.6) is 17.6 Å². The second-order valence-electron chi connectivity index (χ2n) is 6.32. The molecule has 3 heterocycles. The van der Waals surface area contributed by atoms with E-state index in [9.17, 15) is 5.11 Å². The van der Waals surface area contributed by atoms with E-state index < -0.39 is 0 Å². The monoisotopic (exact) mass is 333 g/mol. The lowest BCUT2D eigenvalue weighted by Crippen LogP contribution is -2.01. The van der Waals surface area contributed by atoms with Crippen molar-refractivity contribution in [2.75, 3.05) is 0 Å². The molecule has 25 heavy (non-hydrogen) atoms. The normalized spacial score (nSPS) is 14.2. The van der Waals surface area contributed by atoms with E-state index in [1.165, 1.54) is 12.8 Å². The quantitative estimate of drug-likeness (QED) is 0.617. The van der Waals surface area contributed by atoms with Crippen molar-refractivity contribution in [3.8, 4) is 17.6 Å². The molecular formula is C18H15N5O2. The van der Waals surface area contributed by atoms with Gasteiger partial charge in [0.05, 0.1) is 28.8 Å². The van der Waals surface area contributed by atoms with Crippen molar-refractivity contribution in [2.45, 2.75) is 19.4 Å². The summed E-state index contributed by atoms with van der Waals surface area (Å²) in [4.78, 5) is 12.3. The van der Waals surface area contributed by atoms with Crippen molar-refractivity contribution in [2.24, 2.45) is 5.92 Å². The van der Waals surface area contributed by atoms with Crippen molar-refractivity contribution in [3.63, 3.8) is 0 Å². The van der Waals surface area contributed by atoms with Crippen molar-refractivity contribution in [1.82, 2.24) is 24.7 Å². The fraction of sp³-hybridized carbons (Fsp3) is 0.222. The Morgan fingerprint density at radius 2 is 2.08 bits per heavy atom. The summed E-state index contributed by atoms with van der Waals surface area (Å²) in [7, 11) is 0. The first kappa shape index (κ1) is 14.2. The molecule has 1 saturated carbocycles. The first-order valence-electron chi connectivity index (χ1n) is 8.20. The molecule has 0 aliphatic heterocycles. The molecule has 0 saturated heterocycles. The molecule has 1 aliphatic rings. The number of fused-ring (bicyclic) bond motifs is 2. The van der Waals surface area contributed by atoms with E-state index in [1.807, 2.05) is 29.1 Å². The standard InChI is InChI=1S/C18H15N5O2/c24-17-14-5-6-19-9-15(14)21-18(22-17)25-13-3-4-16-12(7-13)8-20-23(16)10-11-1-2-11/h3-9,11H,1-2,10H2,(H,21,22,24). The van der Waals surface area contributed by atoms with Crippen LogP contribution in [0.25, 0.3) is 21.8 Å². The van der Waals surface area contributed by atoms with Crippen LogP contribution in [0.1, 0.15) is 12.8 Å². The summed E-state index contributed by atoms with van der Waals surface area (Å²) in [5, 5.41) is 16.0. The van der Waals surface area contributed by atoms with Crippen LogP contribution in [0.2, 0.25) is 0 Å². The summed E-state index contributed by atoms with van der Waals surface area (Å²) < 4.78 is 7.77. The molecule has 1 N–H and O–H groups in total. The number of aromatic nitrogens is 5. The minimum absolute atomic E-state index is 0.0859. The van der Waals surface area contributed by atoms with Gasteiger partial charge >= 0.3 is 6.01 Å². The van der Waals surface area contributed by atoms with Crippen molar-refractivity contribution >= 4 is 21.8 Å². The Labute approximate surface area is 142 Å². The number of nitrogens with zero attached hydrogens (tertiary/aromatic N) is 5. The number of pyridine rings is 1. The Balaban J connectivity index is 1.47. The second kappa shape index (κ2) is 5.41. The maximum atomic E-state index is 10.0. The highest BCUT2D eigenvalue weighted by atomic mass is 16.5. The van der Waals surface area contributed by atoms with Crippen LogP contribution in [-0.2, 0) is 6.54 Å². The first-order chi connectivity index (χ1) is 12.3. The molecular weight excluding hydrogens is 318 g/mol. The van der Waals surface area contributed by atoms with Gasteiger partial charge in [0.1, 0.15) is 5.75 Å². The van der Waals surface area contributed by atoms with Crippen molar-refractivity contribution < 1.29 is 9.84 Å². The van der Waals surface area contributed by atoms with E-state index in [0.29, 0.717) is 16.7 Å². The van der Waals surface area contributed by atoms with Gasteiger partial charge in [0.15, 0.2) is 0 Å². The van der Waals surface area contributed by atoms with E-state index >= 15 is 0 Å². The van der Waals surface area contributed by atoms with Crippen molar-refractivity contribution in [1.29, 1.82) is 0 Å². The van der Waals surface area contributed by atoms with Gasteiger partial charge in [0.25, 0.3) is 0 Å². The Morgan fingerprint density at radius 3 is 2.96 bits per heavy atom. The van der Waals surface area contributed by atoms with E-state index in [0.717, 1.165) is 23.4 Å². The fourth-order valence-corrected chi connectivity index (χ4v) is 2.91. The van der Waals surface area contributed by atoms with E-state index in [1.54, 1.807) is 18.5 Å². The van der Waals surface area contributed by atoms with Gasteiger partial charge in [-0.05, 0) is 43.0 Å². The average molecular weight is 333 g/mol. The molecule has 0 bridgehead atoms. The topological polar surface area (TPSA) is 86.0 Å². The van der Waals surface area contributed by atoms with Gasteiger partial charge in [-0.15, -0.1) is 0 Å². The number of hydrogen-bond acceptors (Lipinski definition) is 6. The van der Waals surface area contributed by atoms with Gasteiger partial charge in [-0.2, -0.15) is 15.1 Å². The Morgan fingerprint density at radius 1 is 1.16 bits per heavy atom. The van der Waals surface area contributed by atoms with Crippen LogP contribution < -0.4 is 4.74 Å². The molecule has 7 nitrogen and oxygen atoms in total. The lowest BCUT2D eigenvalue weighted by atomic mass is 10.2. The van der Waals surface area contributed by atoms with E-state index in [4.69, 9.17) is 4.74 Å². The zero-order valence-corrected chi connectivity index (χ0v) is 13.3. The summed E-state index contributed by atoms with van der Waals surface area (Å²) in [5.74, 6) is 1.24. The third-order valence-corrected chi connectivity index (χ3v) is 4.41. The third-order valence-electron chi connectivity index (χ3n) is 4.41. The molecule has 1 aliphatic carbocycles. The zero-order chi connectivity index (χ0) is 16.8. The number of ether oxygens (including phenoxy) is 1. The fourth-order valence-electron chi connectivity index (χ4n) is 2.91. The highest BCUT2D eigenvalue weighted by Gasteiger charge is 2.22. The Hall–Kier alpha value is -3.22. The molecule has 0 atom stereocenters. The molecule has 4 aromatic rings. The molecule has 1 aromatic carbocycles. The summed E-state index contributed by atoms with van der Waals surface area (Å²) in [5.41, 5.74) is 1.62. The zero-order valence-electron chi connectivity index (χ0n) is 13.3. The minimum atomic E-state index is -0.124. The molecule has 3 aromatic heterocycles. The molecule has 5 rings (SSSR count). The van der Waals surface area contributed by atoms with Gasteiger partial charge in [0.2, 0.25) is 5.88 Å². The van der Waals surface area contributed by atoms with E-state index in [2.05, 4.69) is 20.1 Å². The maximum absolute atomic E-state index is 10.0. The number of benzene rings is 1. The molecule has 7 heteroatoms. The molecule has 0 unspecified atom stereocenters. The van der Waals surface area contributed by atoms with Gasteiger partial charge in [-0.3, -0.25) is 9.67 Å². The number of hydrogen-bond donors (Lipinski definition) is 1. The Kier molecular flexibility index (Phi) is 3.06. The summed E-state index contributed by atoms with van der Waals surface area (Å²) in [6.45, 7) is 0.971. The highest BCUT2D eigenvalue weighted by molar-refractivity contribution is 5.82. The number of aromatic hydroxyl groups is 1. The highest BCUT2D eigenvalue weighted by Crippen LogP contribution is 2.32. The first-order valence-corrected chi connectivity index (χ1v) is 8.20. The largest absolute Gasteiger partial charge is 0.493 e. The SMILES string of the molecule is Oc1nc(Oc2ccc3c(cnn3CC3CC3)c2)nc2cnccc12. The number of rotatable bonds is 4. The lowest BCUT2D eigenvalue weighted by molar-refractivity contribution is 0.412. The van der Waals surface area contributed by atoms with Crippen LogP contribution in [0.3, 0.4) is 0 Å². The smallest absolute Gasteiger partial charge is 0.325 e. The third kappa shape index (κ3) is 2.63. The predicted molar refractivity (Wildman–Crippen MR) is 91.5 cm³/mol. The van der Waals surface area contributed by atoms with Gasteiger partial charge in [0, 0.05) is 18.1 Å². The average Bonchev–Trinajstić information content (AvgIpc) is 3.35. The van der Waals surface area contributed by atoms with Crippen LogP contribution in [0.15, 0.2) is 42.9 Å². The lowest BCUT2D eigenvalue weighted by Gasteiger charge is -2.07. The molecule has 124 valence electrons. The van der Waals surface area contributed by atoms with Crippen LogP contribution in [0, 0.1) is 5.92 Å². The van der Waals surface area contributed by atoms with Gasteiger partial charge in [-0.1, -0.05) is 0 Å². The Bertz CT molecular complexity index is 1090. The van der Waals surface area contributed by atoms with Gasteiger partial charge in [-0.25, -0.2) is 0 Å². The van der Waals surface area contributed by atoms with E-state index in [-0.39, 0.29) is 11.9 Å². The molecule has 1 fully saturated rings. The summed E-state index contributed by atoms with van der Waals surface area (Å²) >= 11 is 0. The summed E-state index contributed by atoms with van der Waals surface area (Å²) in [6.07, 6.45) is 7.57. The van der Waals surface area contributed by atoms with Crippen molar-refractivity contribution in [3.05, 3.63) is 42.9 Å². The molecule has 0 amide bonds. The maximum Gasteiger partial charge on any atom is 0.325 e. The molecule has 0 radical (unpaired) electrons. The summed E-state index contributed by atoms with van der Waals surface area (Å²) in [6, 6.07) is 7.50. The molecule has 0 spiro atoms. The van der Waals surface area contributed by atoms with Gasteiger partial charge < -0.3 is 9.84 Å². The van der Waals surface area contributed by atoms with Crippen LogP contribution in [0.4, 0.5) is 0 Å². The second-order valence-corrected chi connectivity index (χ2v) is 6.32. The predicted octanol–water partition coefficient (Wildman–Crippen LogP) is 3.28. The minimum Gasteiger partial charge on any atom is -0.493 e. The van der Waals surface area contributed by atoms with Crippen LogP contribution >= 0.6 is 0 Å².